The fourth-order valence-corrected chi connectivity index (χ4v) is 2.07. The summed E-state index contributed by atoms with van der Waals surface area (Å²) in [5.41, 5.74) is 0.745. The van der Waals surface area contributed by atoms with E-state index in [1.54, 1.807) is 26.3 Å². The molecule has 0 bridgehead atoms. The van der Waals surface area contributed by atoms with Gasteiger partial charge in [-0.1, -0.05) is 0 Å². The van der Waals surface area contributed by atoms with Gasteiger partial charge in [0.15, 0.2) is 0 Å². The van der Waals surface area contributed by atoms with Gasteiger partial charge in [0.2, 0.25) is 5.88 Å². The Balaban J connectivity index is 2.33. The summed E-state index contributed by atoms with van der Waals surface area (Å²) in [7, 11) is 1.61. The molecular formula is C13H12BrClN2O2. The van der Waals surface area contributed by atoms with E-state index in [4.69, 9.17) is 21.1 Å². The molecule has 100 valence electrons. The van der Waals surface area contributed by atoms with Crippen LogP contribution in [0.1, 0.15) is 11.4 Å². The summed E-state index contributed by atoms with van der Waals surface area (Å²) in [6, 6.07) is 5.44. The van der Waals surface area contributed by atoms with Crippen molar-refractivity contribution >= 4 is 27.5 Å². The normalized spacial score (nSPS) is 10.3. The summed E-state index contributed by atoms with van der Waals surface area (Å²) in [5, 5.41) is 0. The second kappa shape index (κ2) is 6.21. The molecule has 0 saturated heterocycles. The summed E-state index contributed by atoms with van der Waals surface area (Å²) >= 11 is 9.28. The van der Waals surface area contributed by atoms with Crippen molar-refractivity contribution in [3.8, 4) is 17.4 Å². The maximum Gasteiger partial charge on any atom is 0.227 e. The number of halogens is 2. The van der Waals surface area contributed by atoms with Crippen LogP contribution in [0.4, 0.5) is 0 Å². The summed E-state index contributed by atoms with van der Waals surface area (Å²) in [6.45, 7) is 1.80. The first-order valence-electron chi connectivity index (χ1n) is 5.54. The molecule has 19 heavy (non-hydrogen) atoms. The van der Waals surface area contributed by atoms with E-state index < -0.39 is 0 Å². The van der Waals surface area contributed by atoms with Gasteiger partial charge in [0.1, 0.15) is 17.3 Å². The van der Waals surface area contributed by atoms with Crippen LogP contribution in [0.2, 0.25) is 0 Å². The highest BCUT2D eigenvalue weighted by Gasteiger charge is 2.10. The van der Waals surface area contributed by atoms with E-state index in [2.05, 4.69) is 25.9 Å². The fraction of sp³-hybridized carbons (Fsp3) is 0.231. The Bertz CT molecular complexity index is 593. The van der Waals surface area contributed by atoms with Crippen molar-refractivity contribution < 1.29 is 9.47 Å². The number of aryl methyl sites for hydroxylation is 1. The third-order valence-corrected chi connectivity index (χ3v) is 3.34. The Morgan fingerprint density at radius 1 is 1.37 bits per heavy atom. The third-order valence-electron chi connectivity index (χ3n) is 2.43. The number of rotatable bonds is 4. The van der Waals surface area contributed by atoms with E-state index in [0.717, 1.165) is 15.8 Å². The largest absolute Gasteiger partial charge is 0.497 e. The van der Waals surface area contributed by atoms with Gasteiger partial charge in [-0.3, -0.25) is 0 Å². The van der Waals surface area contributed by atoms with Crippen LogP contribution in [0.15, 0.2) is 28.9 Å². The number of hydrogen-bond acceptors (Lipinski definition) is 4. The molecule has 2 aromatic rings. The molecule has 6 heteroatoms. The van der Waals surface area contributed by atoms with Gasteiger partial charge in [-0.2, -0.15) is 4.98 Å². The number of benzene rings is 1. The molecule has 0 spiro atoms. The third kappa shape index (κ3) is 3.36. The molecule has 4 nitrogen and oxygen atoms in total. The van der Waals surface area contributed by atoms with Crippen LogP contribution in [-0.4, -0.2) is 17.1 Å². The van der Waals surface area contributed by atoms with E-state index in [-0.39, 0.29) is 0 Å². The zero-order valence-electron chi connectivity index (χ0n) is 10.5. The molecule has 0 atom stereocenters. The molecule has 2 rings (SSSR count). The first-order valence-corrected chi connectivity index (χ1v) is 6.86. The average molecular weight is 344 g/mol. The molecule has 0 fully saturated rings. The molecule has 1 heterocycles. The maximum absolute atomic E-state index is 5.85. The molecule has 0 aliphatic carbocycles. The lowest BCUT2D eigenvalue weighted by atomic mass is 10.3. The standard InChI is InChI=1S/C13H12BrClN2O2/c1-8-16-7-9(6-15)13(17-8)19-12-4-3-10(18-2)5-11(12)14/h3-5,7H,6H2,1-2H3. The van der Waals surface area contributed by atoms with E-state index >= 15 is 0 Å². The van der Waals surface area contributed by atoms with E-state index in [9.17, 15) is 0 Å². The Morgan fingerprint density at radius 3 is 2.79 bits per heavy atom. The number of alkyl halides is 1. The van der Waals surface area contributed by atoms with Crippen molar-refractivity contribution in [2.75, 3.05) is 7.11 Å². The van der Waals surface area contributed by atoms with Crippen LogP contribution in [0.3, 0.4) is 0 Å². The second-order valence-electron chi connectivity index (χ2n) is 3.78. The van der Waals surface area contributed by atoms with Crippen LogP contribution < -0.4 is 9.47 Å². The van der Waals surface area contributed by atoms with Crippen molar-refractivity contribution in [3.05, 3.63) is 40.3 Å². The molecule has 0 saturated carbocycles. The zero-order valence-corrected chi connectivity index (χ0v) is 12.8. The SMILES string of the molecule is COc1ccc(Oc2nc(C)ncc2CCl)c(Br)c1. The molecule has 0 aliphatic rings. The zero-order chi connectivity index (χ0) is 13.8. The van der Waals surface area contributed by atoms with Crippen LogP contribution >= 0.6 is 27.5 Å². The van der Waals surface area contributed by atoms with Gasteiger partial charge in [0.05, 0.1) is 17.5 Å². The van der Waals surface area contributed by atoms with Crippen LogP contribution in [0.5, 0.6) is 17.4 Å². The van der Waals surface area contributed by atoms with Crippen LogP contribution in [0, 0.1) is 6.92 Å². The summed E-state index contributed by atoms with van der Waals surface area (Å²) in [6.07, 6.45) is 1.67. The quantitative estimate of drug-likeness (QED) is 0.784. The lowest BCUT2D eigenvalue weighted by Gasteiger charge is -2.11. The second-order valence-corrected chi connectivity index (χ2v) is 4.90. The van der Waals surface area contributed by atoms with Crippen molar-refractivity contribution in [1.29, 1.82) is 0 Å². The van der Waals surface area contributed by atoms with Gasteiger partial charge < -0.3 is 9.47 Å². The Morgan fingerprint density at radius 2 is 2.16 bits per heavy atom. The number of nitrogens with zero attached hydrogens (tertiary/aromatic N) is 2. The Hall–Kier alpha value is -1.33. The minimum absolute atomic E-state index is 0.295. The highest BCUT2D eigenvalue weighted by molar-refractivity contribution is 9.10. The Labute approximate surface area is 124 Å². The van der Waals surface area contributed by atoms with Crippen LogP contribution in [0.25, 0.3) is 0 Å². The van der Waals surface area contributed by atoms with Crippen molar-refractivity contribution in [2.24, 2.45) is 0 Å². The van der Waals surface area contributed by atoms with E-state index in [1.165, 1.54) is 0 Å². The van der Waals surface area contributed by atoms with Gasteiger partial charge in [0, 0.05) is 11.8 Å². The first-order chi connectivity index (χ1) is 9.13. The van der Waals surface area contributed by atoms with Crippen molar-refractivity contribution in [1.82, 2.24) is 9.97 Å². The summed E-state index contributed by atoms with van der Waals surface area (Å²) in [5.74, 6) is 2.78. The first kappa shape index (κ1) is 14.1. The number of methoxy groups -OCH3 is 1. The predicted molar refractivity (Wildman–Crippen MR) is 77.1 cm³/mol. The topological polar surface area (TPSA) is 44.2 Å². The van der Waals surface area contributed by atoms with Gasteiger partial charge in [-0.15, -0.1) is 11.6 Å². The van der Waals surface area contributed by atoms with Gasteiger partial charge in [-0.05, 0) is 41.1 Å². The molecular weight excluding hydrogens is 332 g/mol. The number of aromatic nitrogens is 2. The van der Waals surface area contributed by atoms with Crippen LogP contribution in [-0.2, 0) is 5.88 Å². The average Bonchev–Trinajstić information content (AvgIpc) is 2.41. The highest BCUT2D eigenvalue weighted by atomic mass is 79.9. The highest BCUT2D eigenvalue weighted by Crippen LogP contribution is 2.33. The summed E-state index contributed by atoms with van der Waals surface area (Å²) < 4.78 is 11.7. The molecule has 0 radical (unpaired) electrons. The molecule has 1 aromatic carbocycles. The monoisotopic (exact) mass is 342 g/mol. The lowest BCUT2D eigenvalue weighted by molar-refractivity contribution is 0.411. The van der Waals surface area contributed by atoms with Gasteiger partial charge in [-0.25, -0.2) is 4.98 Å². The molecule has 0 N–H and O–H groups in total. The Kier molecular flexibility index (Phi) is 4.61. The van der Waals surface area contributed by atoms with Gasteiger partial charge >= 0.3 is 0 Å². The van der Waals surface area contributed by atoms with Gasteiger partial charge in [0.25, 0.3) is 0 Å². The maximum atomic E-state index is 5.85. The summed E-state index contributed by atoms with van der Waals surface area (Å²) in [4.78, 5) is 8.35. The molecule has 0 aliphatic heterocycles. The lowest BCUT2D eigenvalue weighted by Crippen LogP contribution is -1.98. The number of hydrogen-bond donors (Lipinski definition) is 0. The van der Waals surface area contributed by atoms with E-state index in [0.29, 0.717) is 23.3 Å². The molecule has 0 unspecified atom stereocenters. The molecule has 1 aromatic heterocycles. The smallest absolute Gasteiger partial charge is 0.227 e. The van der Waals surface area contributed by atoms with Crippen molar-refractivity contribution in [2.45, 2.75) is 12.8 Å². The minimum Gasteiger partial charge on any atom is -0.497 e. The van der Waals surface area contributed by atoms with E-state index in [1.807, 2.05) is 12.1 Å². The predicted octanol–water partition coefficient (Wildman–Crippen LogP) is 4.09. The molecule has 0 amide bonds. The fourth-order valence-electron chi connectivity index (χ4n) is 1.45. The minimum atomic E-state index is 0.295. The number of ether oxygens (including phenoxy) is 2. The van der Waals surface area contributed by atoms with Crippen molar-refractivity contribution in [3.63, 3.8) is 0 Å².